The number of hydrogen-bond acceptors (Lipinski definition) is 5. The number of halogens is 3. The van der Waals surface area contributed by atoms with Gasteiger partial charge in [0.2, 0.25) is 0 Å². The van der Waals surface area contributed by atoms with Gasteiger partial charge < -0.3 is 9.42 Å². The molecule has 2 bridgehead atoms. The fourth-order valence-corrected chi connectivity index (χ4v) is 5.46. The molecule has 5 heterocycles. The number of aryl methyl sites for hydroxylation is 2. The van der Waals surface area contributed by atoms with Crippen LogP contribution in [0.2, 0.25) is 0 Å². The Kier molecular flexibility index (Phi) is 4.42. The first-order valence-corrected chi connectivity index (χ1v) is 11.1. The maximum absolute atomic E-state index is 13.7. The molecule has 2 aliphatic heterocycles. The molecule has 176 valence electrons. The van der Waals surface area contributed by atoms with E-state index in [0.717, 1.165) is 36.6 Å². The van der Waals surface area contributed by atoms with E-state index in [0.29, 0.717) is 28.8 Å². The molecule has 0 aliphatic carbocycles. The summed E-state index contributed by atoms with van der Waals surface area (Å²) < 4.78 is 48.1. The van der Waals surface area contributed by atoms with Crippen LogP contribution in [-0.4, -0.2) is 41.6 Å². The maximum atomic E-state index is 13.7. The molecule has 0 radical (unpaired) electrons. The zero-order valence-electron chi connectivity index (χ0n) is 18.5. The van der Waals surface area contributed by atoms with Gasteiger partial charge in [-0.1, -0.05) is 17.3 Å². The zero-order valence-corrected chi connectivity index (χ0v) is 18.5. The lowest BCUT2D eigenvalue weighted by Crippen LogP contribution is -2.50. The van der Waals surface area contributed by atoms with E-state index >= 15 is 0 Å². The van der Waals surface area contributed by atoms with Gasteiger partial charge in [-0.05, 0) is 43.9 Å². The molecule has 0 saturated carbocycles. The van der Waals surface area contributed by atoms with Crippen LogP contribution >= 0.6 is 0 Å². The highest BCUT2D eigenvalue weighted by atomic mass is 19.4. The third kappa shape index (κ3) is 2.99. The summed E-state index contributed by atoms with van der Waals surface area (Å²) in [5.74, 6) is -0.211. The van der Waals surface area contributed by atoms with Crippen molar-refractivity contribution in [2.24, 2.45) is 14.1 Å². The minimum atomic E-state index is -4.53. The van der Waals surface area contributed by atoms with Gasteiger partial charge in [-0.2, -0.15) is 23.4 Å². The number of carbonyl (C=O) groups excluding carboxylic acids is 1. The van der Waals surface area contributed by atoms with Gasteiger partial charge in [-0.25, -0.2) is 0 Å². The molecule has 0 N–H and O–H groups in total. The molecule has 0 spiro atoms. The second kappa shape index (κ2) is 7.18. The molecule has 3 aromatic heterocycles. The number of nitrogens with zero attached hydrogens (tertiary/aromatic N) is 6. The van der Waals surface area contributed by atoms with Crippen LogP contribution in [0.5, 0.6) is 0 Å². The summed E-state index contributed by atoms with van der Waals surface area (Å²) in [6.45, 7) is 0. The first-order chi connectivity index (χ1) is 16.2. The molecular weight excluding hydrogens is 449 g/mol. The van der Waals surface area contributed by atoms with E-state index in [1.165, 1.54) is 11.7 Å². The number of rotatable bonds is 2. The van der Waals surface area contributed by atoms with Crippen LogP contribution in [-0.2, 0) is 26.7 Å². The van der Waals surface area contributed by atoms with Crippen LogP contribution in [0.3, 0.4) is 0 Å². The lowest BCUT2D eigenvalue weighted by molar-refractivity contribution is -0.141. The van der Waals surface area contributed by atoms with Gasteiger partial charge in [0, 0.05) is 25.7 Å². The summed E-state index contributed by atoms with van der Waals surface area (Å²) >= 11 is 0. The van der Waals surface area contributed by atoms with Crippen LogP contribution in [0.15, 0.2) is 34.9 Å². The number of piperidine rings is 1. The Morgan fingerprint density at radius 1 is 1.12 bits per heavy atom. The highest BCUT2D eigenvalue weighted by molar-refractivity contribution is 6.04. The molecule has 34 heavy (non-hydrogen) atoms. The first kappa shape index (κ1) is 20.9. The highest BCUT2D eigenvalue weighted by Crippen LogP contribution is 2.45. The van der Waals surface area contributed by atoms with Crippen molar-refractivity contribution in [3.63, 3.8) is 0 Å². The van der Waals surface area contributed by atoms with Crippen LogP contribution in [0.4, 0.5) is 13.2 Å². The number of aromatic nitrogens is 5. The minimum absolute atomic E-state index is 0.104. The van der Waals surface area contributed by atoms with E-state index in [1.54, 1.807) is 17.8 Å². The molecule has 1 amide bonds. The van der Waals surface area contributed by atoms with Gasteiger partial charge >= 0.3 is 6.18 Å². The molecule has 8 nitrogen and oxygen atoms in total. The SMILES string of the molecule is Cn1nc(C(F)(F)F)cc1-c1c2c(nn1C)[C@@H]1CCC[C@H](C2)N1C(=O)c1noc2ccccc12. The number of fused-ring (bicyclic) bond motifs is 5. The van der Waals surface area contributed by atoms with Crippen LogP contribution in [0.25, 0.3) is 22.4 Å². The predicted octanol–water partition coefficient (Wildman–Crippen LogP) is 4.27. The van der Waals surface area contributed by atoms with Crippen molar-refractivity contribution >= 4 is 16.9 Å². The normalized spacial score (nSPS) is 20.1. The van der Waals surface area contributed by atoms with E-state index in [9.17, 15) is 18.0 Å². The number of carbonyl (C=O) groups is 1. The summed E-state index contributed by atoms with van der Waals surface area (Å²) in [6.07, 6.45) is -1.57. The number of alkyl halides is 3. The lowest BCUT2D eigenvalue weighted by Gasteiger charge is -2.45. The Balaban J connectivity index is 1.44. The van der Waals surface area contributed by atoms with Gasteiger partial charge in [0.05, 0.1) is 28.5 Å². The second-order valence-corrected chi connectivity index (χ2v) is 8.92. The maximum Gasteiger partial charge on any atom is 0.435 e. The van der Waals surface area contributed by atoms with Gasteiger partial charge in [-0.3, -0.25) is 14.2 Å². The van der Waals surface area contributed by atoms with Crippen molar-refractivity contribution in [2.45, 2.75) is 43.9 Å². The summed E-state index contributed by atoms with van der Waals surface area (Å²) in [5.41, 5.74) is 2.44. The highest BCUT2D eigenvalue weighted by Gasteiger charge is 2.45. The Labute approximate surface area is 191 Å². The summed E-state index contributed by atoms with van der Waals surface area (Å²) in [6, 6.07) is 7.91. The van der Waals surface area contributed by atoms with Crippen molar-refractivity contribution in [1.29, 1.82) is 0 Å². The van der Waals surface area contributed by atoms with Crippen LogP contribution in [0, 0.1) is 0 Å². The lowest BCUT2D eigenvalue weighted by atomic mass is 9.82. The van der Waals surface area contributed by atoms with Crippen molar-refractivity contribution in [2.75, 3.05) is 0 Å². The number of amides is 1. The zero-order chi connectivity index (χ0) is 23.8. The Hall–Kier alpha value is -3.63. The van der Waals surface area contributed by atoms with E-state index in [-0.39, 0.29) is 23.7 Å². The first-order valence-electron chi connectivity index (χ1n) is 11.1. The van der Waals surface area contributed by atoms with Crippen LogP contribution < -0.4 is 0 Å². The summed E-state index contributed by atoms with van der Waals surface area (Å²) in [4.78, 5) is 15.5. The molecule has 2 atom stereocenters. The van der Waals surface area contributed by atoms with E-state index in [2.05, 4.69) is 10.3 Å². The number of hydrogen-bond donors (Lipinski definition) is 0. The van der Waals surface area contributed by atoms with Gasteiger partial charge in [0.15, 0.2) is 17.0 Å². The Morgan fingerprint density at radius 2 is 1.91 bits per heavy atom. The molecular formula is C23H21F3N6O2. The fraction of sp³-hybridized carbons (Fsp3) is 0.391. The standard InChI is InChI=1S/C23H21F3N6O2/c1-30-16(11-18(27-30)23(24,25)26)21-14-10-12-6-5-8-15(19(14)28-31(21)2)32(12)22(33)20-13-7-3-4-9-17(13)34-29-20/h3-4,7,9,11-12,15H,5-6,8,10H2,1-2H3/t12-,15+/m1/s1. The largest absolute Gasteiger partial charge is 0.435 e. The fourth-order valence-electron chi connectivity index (χ4n) is 5.46. The van der Waals surface area contributed by atoms with Crippen LogP contribution in [0.1, 0.15) is 52.7 Å². The molecule has 1 fully saturated rings. The molecule has 0 unspecified atom stereocenters. The Morgan fingerprint density at radius 3 is 2.68 bits per heavy atom. The topological polar surface area (TPSA) is 82.0 Å². The van der Waals surface area contributed by atoms with Crippen molar-refractivity contribution in [3.05, 3.63) is 53.0 Å². The summed E-state index contributed by atoms with van der Waals surface area (Å²) in [5, 5.41) is 13.1. The molecule has 11 heteroatoms. The quantitative estimate of drug-likeness (QED) is 0.437. The molecule has 4 aromatic rings. The second-order valence-electron chi connectivity index (χ2n) is 8.92. The third-order valence-corrected chi connectivity index (χ3v) is 6.90. The predicted molar refractivity (Wildman–Crippen MR) is 115 cm³/mol. The van der Waals surface area contributed by atoms with E-state index in [4.69, 9.17) is 9.62 Å². The number of para-hydroxylation sites is 1. The monoisotopic (exact) mass is 470 g/mol. The van der Waals surface area contributed by atoms with Crippen molar-refractivity contribution in [3.8, 4) is 11.4 Å². The molecule has 6 rings (SSSR count). The molecule has 1 aromatic carbocycles. The number of benzene rings is 1. The van der Waals surface area contributed by atoms with Crippen molar-refractivity contribution in [1.82, 2.24) is 29.6 Å². The Bertz CT molecular complexity index is 1430. The van der Waals surface area contributed by atoms with Gasteiger partial charge in [-0.15, -0.1) is 0 Å². The molecule has 2 aliphatic rings. The van der Waals surface area contributed by atoms with Crippen molar-refractivity contribution < 1.29 is 22.5 Å². The van der Waals surface area contributed by atoms with Gasteiger partial charge in [0.25, 0.3) is 5.91 Å². The average molecular weight is 470 g/mol. The van der Waals surface area contributed by atoms with Gasteiger partial charge in [0.1, 0.15) is 0 Å². The smallest absolute Gasteiger partial charge is 0.355 e. The average Bonchev–Trinajstić information content (AvgIpc) is 3.47. The van der Waals surface area contributed by atoms with E-state index in [1.807, 2.05) is 23.1 Å². The van der Waals surface area contributed by atoms with E-state index < -0.39 is 11.9 Å². The minimum Gasteiger partial charge on any atom is -0.355 e. The summed E-state index contributed by atoms with van der Waals surface area (Å²) in [7, 11) is 3.22. The molecule has 1 saturated heterocycles. The third-order valence-electron chi connectivity index (χ3n) is 6.90.